The van der Waals surface area contributed by atoms with Gasteiger partial charge in [0.25, 0.3) is 0 Å². The van der Waals surface area contributed by atoms with Gasteiger partial charge in [0.1, 0.15) is 5.69 Å². The lowest BCUT2D eigenvalue weighted by Gasteiger charge is -2.35. The summed E-state index contributed by atoms with van der Waals surface area (Å²) >= 11 is 0. The van der Waals surface area contributed by atoms with E-state index in [4.69, 9.17) is 5.11 Å². The number of benzene rings is 1. The minimum absolute atomic E-state index is 0.0922. The van der Waals surface area contributed by atoms with Crippen molar-refractivity contribution in [2.24, 2.45) is 7.05 Å². The molecule has 0 saturated carbocycles. The third-order valence-corrected chi connectivity index (χ3v) is 4.54. The molecule has 0 atom stereocenters. The Bertz CT molecular complexity index is 825. The van der Waals surface area contributed by atoms with Crippen LogP contribution in [0.1, 0.15) is 0 Å². The lowest BCUT2D eigenvalue weighted by molar-refractivity contribution is -0.385. The molecule has 3 rings (SSSR count). The maximum atomic E-state index is 12.5. The molecule has 1 aliphatic heterocycles. The number of nitrogens with zero attached hydrogens (tertiary/aromatic N) is 4. The van der Waals surface area contributed by atoms with Crippen LogP contribution in [-0.2, 0) is 7.05 Å². The van der Waals surface area contributed by atoms with Crippen molar-refractivity contribution in [3.63, 3.8) is 0 Å². The molecule has 1 aromatic heterocycles. The summed E-state index contributed by atoms with van der Waals surface area (Å²) in [5, 5.41) is 21.3. The molecular weight excluding hydrogens is 312 g/mol. The average Bonchev–Trinajstić information content (AvgIpc) is 2.59. The molecule has 8 nitrogen and oxygen atoms in total. The van der Waals surface area contributed by atoms with Gasteiger partial charge in [0.15, 0.2) is 0 Å². The first kappa shape index (κ1) is 16.4. The molecule has 24 heavy (non-hydrogen) atoms. The SMILES string of the molecule is Cn1c(=O)c([N+](=O)[O-])c(N2CCN(CCO)CC2)c2ccccc21. The zero-order chi connectivity index (χ0) is 17.3. The number of nitro groups is 1. The smallest absolute Gasteiger partial charge is 0.357 e. The molecule has 8 heteroatoms. The minimum Gasteiger partial charge on any atom is -0.395 e. The number of fused-ring (bicyclic) bond motifs is 1. The summed E-state index contributed by atoms with van der Waals surface area (Å²) in [6.07, 6.45) is 0. The third-order valence-electron chi connectivity index (χ3n) is 4.54. The second-order valence-corrected chi connectivity index (χ2v) is 5.89. The number of hydrogen-bond donors (Lipinski definition) is 1. The number of pyridine rings is 1. The van der Waals surface area contributed by atoms with E-state index >= 15 is 0 Å². The van der Waals surface area contributed by atoms with Crippen LogP contribution in [0.4, 0.5) is 11.4 Å². The van der Waals surface area contributed by atoms with Crippen molar-refractivity contribution in [3.05, 3.63) is 44.7 Å². The number of rotatable bonds is 4. The average molecular weight is 332 g/mol. The number of piperazine rings is 1. The highest BCUT2D eigenvalue weighted by molar-refractivity contribution is 5.96. The summed E-state index contributed by atoms with van der Waals surface area (Å²) in [6, 6.07) is 7.25. The third kappa shape index (κ3) is 2.74. The Morgan fingerprint density at radius 3 is 2.50 bits per heavy atom. The molecule has 0 amide bonds. The van der Waals surface area contributed by atoms with Crippen LogP contribution in [0.15, 0.2) is 29.1 Å². The molecule has 0 bridgehead atoms. The zero-order valence-corrected chi connectivity index (χ0v) is 13.5. The Morgan fingerprint density at radius 1 is 1.21 bits per heavy atom. The highest BCUT2D eigenvalue weighted by atomic mass is 16.6. The summed E-state index contributed by atoms with van der Waals surface area (Å²) < 4.78 is 1.33. The lowest BCUT2D eigenvalue weighted by atomic mass is 10.1. The molecule has 1 saturated heterocycles. The molecule has 0 spiro atoms. The number of aryl methyl sites for hydroxylation is 1. The van der Waals surface area contributed by atoms with Gasteiger partial charge in [-0.05, 0) is 6.07 Å². The van der Waals surface area contributed by atoms with E-state index in [2.05, 4.69) is 4.90 Å². The molecule has 128 valence electrons. The van der Waals surface area contributed by atoms with Crippen LogP contribution in [0, 0.1) is 10.1 Å². The number of aliphatic hydroxyl groups excluding tert-OH is 1. The number of hydrogen-bond acceptors (Lipinski definition) is 6. The predicted molar refractivity (Wildman–Crippen MR) is 91.6 cm³/mol. The summed E-state index contributed by atoms with van der Waals surface area (Å²) in [5.41, 5.74) is 0.126. The predicted octanol–water partition coefficient (Wildman–Crippen LogP) is 0.561. The van der Waals surface area contributed by atoms with Gasteiger partial charge in [0.2, 0.25) is 0 Å². The second kappa shape index (κ2) is 6.58. The zero-order valence-electron chi connectivity index (χ0n) is 13.5. The molecule has 2 heterocycles. The van der Waals surface area contributed by atoms with Gasteiger partial charge < -0.3 is 14.6 Å². The summed E-state index contributed by atoms with van der Waals surface area (Å²) in [4.78, 5) is 27.5. The molecule has 2 aromatic rings. The summed E-state index contributed by atoms with van der Waals surface area (Å²) in [6.45, 7) is 3.24. The van der Waals surface area contributed by atoms with Crippen molar-refractivity contribution >= 4 is 22.3 Å². The molecule has 0 unspecified atom stereocenters. The van der Waals surface area contributed by atoms with Gasteiger partial charge in [0, 0.05) is 45.2 Å². The maximum Gasteiger partial charge on any atom is 0.357 e. The van der Waals surface area contributed by atoms with Crippen molar-refractivity contribution in [1.82, 2.24) is 9.47 Å². The van der Waals surface area contributed by atoms with Gasteiger partial charge in [-0.15, -0.1) is 0 Å². The standard InChI is InChI=1S/C16H20N4O4/c1-17-13-5-3-2-4-12(13)14(15(16(17)22)20(23)24)19-8-6-18(7-9-19)10-11-21/h2-5,21H,6-11H2,1H3. The van der Waals surface area contributed by atoms with Crippen LogP contribution in [-0.4, -0.2) is 58.8 Å². The van der Waals surface area contributed by atoms with E-state index in [0.29, 0.717) is 49.3 Å². The first-order valence-corrected chi connectivity index (χ1v) is 7.89. The number of aliphatic hydroxyl groups is 1. The normalized spacial score (nSPS) is 15.8. The highest BCUT2D eigenvalue weighted by Crippen LogP contribution is 2.33. The van der Waals surface area contributed by atoms with Crippen LogP contribution in [0.2, 0.25) is 0 Å². The molecule has 0 radical (unpaired) electrons. The lowest BCUT2D eigenvalue weighted by Crippen LogP contribution is -2.47. The molecular formula is C16H20N4O4. The van der Waals surface area contributed by atoms with Crippen molar-refractivity contribution in [2.75, 3.05) is 44.2 Å². The fourth-order valence-corrected chi connectivity index (χ4v) is 3.28. The second-order valence-electron chi connectivity index (χ2n) is 5.89. The van der Waals surface area contributed by atoms with Crippen molar-refractivity contribution < 1.29 is 10.0 Å². The van der Waals surface area contributed by atoms with Gasteiger partial charge >= 0.3 is 11.2 Å². The Labute approximate surface area is 138 Å². The fraction of sp³-hybridized carbons (Fsp3) is 0.438. The number of β-amino-alcohol motifs (C(OH)–C–C–N with tert-alkyl or cyclic N) is 1. The van der Waals surface area contributed by atoms with Crippen LogP contribution < -0.4 is 10.5 Å². The largest absolute Gasteiger partial charge is 0.395 e. The maximum absolute atomic E-state index is 12.5. The van der Waals surface area contributed by atoms with E-state index in [1.165, 1.54) is 4.57 Å². The van der Waals surface area contributed by atoms with E-state index in [9.17, 15) is 14.9 Å². The number of anilines is 1. The molecule has 1 N–H and O–H groups in total. The first-order valence-electron chi connectivity index (χ1n) is 7.89. The Balaban J connectivity index is 2.13. The summed E-state index contributed by atoms with van der Waals surface area (Å²) in [7, 11) is 1.56. The quantitative estimate of drug-likeness (QED) is 0.650. The van der Waals surface area contributed by atoms with E-state index in [1.807, 2.05) is 23.1 Å². The monoisotopic (exact) mass is 332 g/mol. The summed E-state index contributed by atoms with van der Waals surface area (Å²) in [5.74, 6) is 0. The van der Waals surface area contributed by atoms with Crippen molar-refractivity contribution in [1.29, 1.82) is 0 Å². The Morgan fingerprint density at radius 2 is 1.88 bits per heavy atom. The highest BCUT2D eigenvalue weighted by Gasteiger charge is 2.30. The first-order chi connectivity index (χ1) is 11.5. The Hall–Kier alpha value is -2.45. The van der Waals surface area contributed by atoms with Crippen LogP contribution in [0.3, 0.4) is 0 Å². The molecule has 1 aromatic carbocycles. The molecule has 1 fully saturated rings. The number of aromatic nitrogens is 1. The topological polar surface area (TPSA) is 91.8 Å². The molecule has 0 aliphatic carbocycles. The van der Waals surface area contributed by atoms with Crippen molar-refractivity contribution in [3.8, 4) is 0 Å². The Kier molecular flexibility index (Phi) is 4.50. The van der Waals surface area contributed by atoms with E-state index < -0.39 is 10.5 Å². The van der Waals surface area contributed by atoms with Gasteiger partial charge in [-0.25, -0.2) is 0 Å². The van der Waals surface area contributed by atoms with Crippen LogP contribution in [0.5, 0.6) is 0 Å². The van der Waals surface area contributed by atoms with Gasteiger partial charge in [-0.1, -0.05) is 18.2 Å². The van der Waals surface area contributed by atoms with E-state index in [-0.39, 0.29) is 12.3 Å². The van der Waals surface area contributed by atoms with E-state index in [0.717, 1.165) is 0 Å². The van der Waals surface area contributed by atoms with Crippen LogP contribution in [0.25, 0.3) is 10.9 Å². The minimum atomic E-state index is -0.591. The van der Waals surface area contributed by atoms with Gasteiger partial charge in [0.05, 0.1) is 17.0 Å². The van der Waals surface area contributed by atoms with Gasteiger partial charge in [-0.2, -0.15) is 0 Å². The number of para-hydroxylation sites is 1. The molecule has 1 aliphatic rings. The van der Waals surface area contributed by atoms with E-state index in [1.54, 1.807) is 13.1 Å². The fourth-order valence-electron chi connectivity index (χ4n) is 3.28. The van der Waals surface area contributed by atoms with Crippen molar-refractivity contribution in [2.45, 2.75) is 0 Å². The van der Waals surface area contributed by atoms with Crippen LogP contribution >= 0.6 is 0 Å². The van der Waals surface area contributed by atoms with Gasteiger partial charge in [-0.3, -0.25) is 19.8 Å².